The summed E-state index contributed by atoms with van der Waals surface area (Å²) in [6, 6.07) is 22.4. The van der Waals surface area contributed by atoms with Crippen molar-refractivity contribution in [1.29, 1.82) is 0 Å². The number of benzene rings is 4. The number of alkyl halides is 2. The van der Waals surface area contributed by atoms with E-state index < -0.39 is 36.2 Å². The quantitative estimate of drug-likeness (QED) is 0.104. The van der Waals surface area contributed by atoms with Crippen LogP contribution in [0.5, 0.6) is 0 Å². The van der Waals surface area contributed by atoms with Gasteiger partial charge in [0.05, 0.1) is 49.2 Å². The van der Waals surface area contributed by atoms with E-state index in [1.54, 1.807) is 59.6 Å². The molecule has 1 saturated carbocycles. The van der Waals surface area contributed by atoms with Crippen LogP contribution in [-0.4, -0.2) is 99.8 Å². The molecule has 3 saturated heterocycles. The minimum atomic E-state index is -3.30. The number of carbonyl (C=O) groups is 4. The number of ether oxygens (including phenoxy) is 3. The third-order valence-corrected chi connectivity index (χ3v) is 15.0. The first-order valence-corrected chi connectivity index (χ1v) is 23.7. The first kappa shape index (κ1) is 44.4. The van der Waals surface area contributed by atoms with Crippen molar-refractivity contribution >= 4 is 35.0 Å². The summed E-state index contributed by atoms with van der Waals surface area (Å²) in [6.45, 7) is 1.49. The van der Waals surface area contributed by atoms with Crippen LogP contribution in [0.2, 0.25) is 0 Å². The normalized spacial score (nSPS) is 22.3. The minimum Gasteiger partial charge on any atom is -0.453 e. The first-order valence-electron chi connectivity index (χ1n) is 23.7. The number of nitrogens with zero attached hydrogens (tertiary/aromatic N) is 4. The third kappa shape index (κ3) is 7.85. The van der Waals surface area contributed by atoms with E-state index in [-0.39, 0.29) is 46.9 Å². The highest BCUT2D eigenvalue weighted by molar-refractivity contribution is 5.90. The van der Waals surface area contributed by atoms with Gasteiger partial charge in [0.25, 0.3) is 11.8 Å². The molecule has 2 aromatic heterocycles. The van der Waals surface area contributed by atoms with Crippen LogP contribution < -0.4 is 10.6 Å². The Labute approximate surface area is 396 Å². The van der Waals surface area contributed by atoms with Crippen molar-refractivity contribution in [2.75, 3.05) is 34.0 Å². The topological polar surface area (TPSA) is 184 Å². The van der Waals surface area contributed by atoms with Crippen molar-refractivity contribution in [3.63, 3.8) is 0 Å². The summed E-state index contributed by atoms with van der Waals surface area (Å²) >= 11 is 0. The lowest BCUT2D eigenvalue weighted by atomic mass is 9.89. The molecule has 15 nitrogen and oxygen atoms in total. The van der Waals surface area contributed by atoms with Gasteiger partial charge < -0.3 is 44.6 Å². The molecule has 0 spiro atoms. The monoisotopic (exact) mass is 938 g/mol. The van der Waals surface area contributed by atoms with Crippen molar-refractivity contribution < 1.29 is 42.2 Å². The zero-order valence-corrected chi connectivity index (χ0v) is 38.2. The highest BCUT2D eigenvalue weighted by Crippen LogP contribution is 2.53. The number of piperidine rings is 1. The molecule has 11 rings (SSSR count). The number of methoxy groups -OCH3 is 2. The van der Waals surface area contributed by atoms with Gasteiger partial charge in [-0.05, 0) is 109 Å². The Bertz CT molecular complexity index is 2970. The minimum absolute atomic E-state index is 0.0289. The van der Waals surface area contributed by atoms with Crippen molar-refractivity contribution in [2.45, 2.75) is 81.1 Å². The second-order valence-corrected chi connectivity index (χ2v) is 18.8. The Kier molecular flexibility index (Phi) is 11.4. The van der Waals surface area contributed by atoms with Crippen LogP contribution in [0.25, 0.3) is 44.5 Å². The molecule has 5 aliphatic rings. The van der Waals surface area contributed by atoms with Crippen LogP contribution in [0.1, 0.15) is 91.4 Å². The Balaban J connectivity index is 0.830. The molecule has 3 aliphatic heterocycles. The number of aromatic nitrogens is 4. The molecule has 5 heterocycles. The number of carbonyl (C=O) groups excluding carboxylic acids is 4. The fourth-order valence-corrected chi connectivity index (χ4v) is 11.6. The van der Waals surface area contributed by atoms with Gasteiger partial charge in [-0.1, -0.05) is 60.7 Å². The van der Waals surface area contributed by atoms with Crippen LogP contribution in [-0.2, 0) is 29.7 Å². The summed E-state index contributed by atoms with van der Waals surface area (Å²) in [6.07, 6.45) is 5.57. The summed E-state index contributed by atoms with van der Waals surface area (Å²) in [5, 5.41) is 5.52. The smallest absolute Gasteiger partial charge is 0.407 e. The fraction of sp³-hybridized carbons (Fsp3) is 0.385. The number of aromatic amines is 2. The standard InChI is InChI=1S/C52H52F2N8O7/c1-67-50(65)59-43(28-7-4-3-5-8-28)48(63)61-20-6-9-42(61)46-55-27-41(58-46)32-12-16-36-35-15-11-30(24-37(35)52(53,54)38(36)25-32)31-13-17-39-40(26-31)57-47(56-39)45-33-10-14-34(23-33)62(45)49(64)44(60-51(66)68-2)29-18-21-69-22-19-29/h3-5,7-8,11-13,15-17,24-27,29,33-34,42-45H,6,9-10,14,18-23H2,1-2H3,(H,55,58)(H,56,57)(H,59,65)(H,60,66)/t33?,34-,42+,43-,44+,45+/m1/s1. The summed E-state index contributed by atoms with van der Waals surface area (Å²) in [7, 11) is 2.54. The van der Waals surface area contributed by atoms with E-state index in [1.165, 1.54) is 20.3 Å². The van der Waals surface area contributed by atoms with Gasteiger partial charge in [-0.3, -0.25) is 9.59 Å². The van der Waals surface area contributed by atoms with E-state index in [1.807, 2.05) is 35.2 Å². The maximum absolute atomic E-state index is 16.7. The molecule has 2 aliphatic carbocycles. The van der Waals surface area contributed by atoms with Gasteiger partial charge in [0.15, 0.2) is 0 Å². The number of imidazole rings is 2. The number of rotatable bonds is 10. The molecule has 356 valence electrons. The van der Waals surface area contributed by atoms with Gasteiger partial charge in [0, 0.05) is 42.5 Å². The van der Waals surface area contributed by atoms with Crippen LogP contribution in [0.4, 0.5) is 18.4 Å². The van der Waals surface area contributed by atoms with Crippen molar-refractivity contribution in [3.05, 3.63) is 119 Å². The van der Waals surface area contributed by atoms with Crippen LogP contribution >= 0.6 is 0 Å². The number of hydrogen-bond acceptors (Lipinski definition) is 9. The SMILES string of the molecule is COC(=O)N[C@H](C(=O)N1[C@@H]2CCC(C2)[C@H]1c1nc2ccc(-c3ccc4c(c3)C(F)(F)c3cc(-c5cnc([C@@H]6CCCN6C(=O)[C@H](NC(=O)OC)c6ccccc6)[nH]5)ccc3-4)cc2[nH]1)C1CCOCC1. The molecule has 4 fully saturated rings. The molecule has 6 aromatic rings. The van der Waals surface area contributed by atoms with E-state index in [4.69, 9.17) is 19.2 Å². The molecule has 1 unspecified atom stereocenters. The van der Waals surface area contributed by atoms with Gasteiger partial charge in [-0.25, -0.2) is 19.6 Å². The molecular formula is C52H52F2N8O7. The lowest BCUT2D eigenvalue weighted by Crippen LogP contribution is -2.55. The zero-order chi connectivity index (χ0) is 47.6. The second-order valence-electron chi connectivity index (χ2n) is 18.8. The number of likely N-dealkylation sites (tertiary alicyclic amines) is 2. The Morgan fingerprint density at radius 3 is 2.23 bits per heavy atom. The average Bonchev–Trinajstić information content (AvgIpc) is 4.26. The number of H-pyrrole nitrogens is 2. The molecule has 4 aromatic carbocycles. The van der Waals surface area contributed by atoms with Crippen molar-refractivity contribution in [2.24, 2.45) is 11.8 Å². The molecule has 0 radical (unpaired) electrons. The number of hydrogen-bond donors (Lipinski definition) is 4. The van der Waals surface area contributed by atoms with Crippen LogP contribution in [0.15, 0.2) is 91.1 Å². The summed E-state index contributed by atoms with van der Waals surface area (Å²) < 4.78 is 48.8. The summed E-state index contributed by atoms with van der Waals surface area (Å²) in [4.78, 5) is 73.4. The number of fused-ring (bicyclic) bond motifs is 6. The van der Waals surface area contributed by atoms with Crippen molar-refractivity contribution in [1.82, 2.24) is 40.4 Å². The Morgan fingerprint density at radius 2 is 1.48 bits per heavy atom. The molecular weight excluding hydrogens is 887 g/mol. The fourth-order valence-electron chi connectivity index (χ4n) is 11.6. The lowest BCUT2D eigenvalue weighted by molar-refractivity contribution is -0.140. The number of nitrogens with one attached hydrogen (secondary N) is 4. The van der Waals surface area contributed by atoms with E-state index in [0.717, 1.165) is 30.3 Å². The largest absolute Gasteiger partial charge is 0.453 e. The number of alkyl carbamates (subject to hydrolysis) is 2. The molecule has 17 heteroatoms. The lowest BCUT2D eigenvalue weighted by Gasteiger charge is -2.39. The van der Waals surface area contributed by atoms with Crippen molar-refractivity contribution in [3.8, 4) is 33.5 Å². The van der Waals surface area contributed by atoms with E-state index in [0.29, 0.717) is 96.1 Å². The number of halogens is 2. The van der Waals surface area contributed by atoms with E-state index in [9.17, 15) is 19.2 Å². The van der Waals surface area contributed by atoms with Gasteiger partial charge in [0.2, 0.25) is 5.91 Å². The highest BCUT2D eigenvalue weighted by atomic mass is 19.3. The first-order chi connectivity index (χ1) is 33.5. The molecule has 4 N–H and O–H groups in total. The van der Waals surface area contributed by atoms with Gasteiger partial charge in [-0.15, -0.1) is 0 Å². The third-order valence-electron chi connectivity index (χ3n) is 15.0. The molecule has 69 heavy (non-hydrogen) atoms. The highest BCUT2D eigenvalue weighted by Gasteiger charge is 2.52. The Morgan fingerprint density at radius 1 is 0.783 bits per heavy atom. The predicted molar refractivity (Wildman–Crippen MR) is 250 cm³/mol. The summed E-state index contributed by atoms with van der Waals surface area (Å²) in [5.74, 6) is -2.44. The average molecular weight is 939 g/mol. The van der Waals surface area contributed by atoms with Gasteiger partial charge in [-0.2, -0.15) is 8.78 Å². The second kappa shape index (κ2) is 17.7. The molecule has 2 bridgehead atoms. The van der Waals surface area contributed by atoms with Crippen LogP contribution in [0, 0.1) is 11.8 Å². The number of amides is 4. The predicted octanol–water partition coefficient (Wildman–Crippen LogP) is 8.70. The van der Waals surface area contributed by atoms with Crippen LogP contribution in [0.3, 0.4) is 0 Å². The van der Waals surface area contributed by atoms with Gasteiger partial charge >= 0.3 is 12.2 Å². The zero-order valence-electron chi connectivity index (χ0n) is 38.2. The summed E-state index contributed by atoms with van der Waals surface area (Å²) in [5.41, 5.74) is 5.15. The van der Waals surface area contributed by atoms with Gasteiger partial charge in [0.1, 0.15) is 23.7 Å². The maximum Gasteiger partial charge on any atom is 0.407 e. The molecule has 6 atom stereocenters. The van der Waals surface area contributed by atoms with E-state index in [2.05, 4.69) is 25.6 Å². The maximum atomic E-state index is 16.7. The molecule has 4 amide bonds. The van der Waals surface area contributed by atoms with E-state index >= 15 is 8.78 Å². The Hall–Kier alpha value is -7.14.